The Morgan fingerprint density at radius 2 is 1.83 bits per heavy atom. The summed E-state index contributed by atoms with van der Waals surface area (Å²) in [5, 5.41) is 0. The van der Waals surface area contributed by atoms with Gasteiger partial charge in [0.1, 0.15) is 0 Å². The summed E-state index contributed by atoms with van der Waals surface area (Å²) in [6.07, 6.45) is 4.50. The Bertz CT molecular complexity index is 259. The first kappa shape index (κ1) is 15.4. The minimum absolute atomic E-state index is 0.0650. The zero-order valence-corrected chi connectivity index (χ0v) is 12.1. The van der Waals surface area contributed by atoms with Crippen LogP contribution in [-0.2, 0) is 9.53 Å². The predicted octanol–water partition coefficient (Wildman–Crippen LogP) is 1.78. The minimum atomic E-state index is -0.181. The lowest BCUT2D eigenvalue weighted by atomic mass is 9.80. The van der Waals surface area contributed by atoms with Crippen molar-refractivity contribution < 1.29 is 9.53 Å². The Kier molecular flexibility index (Phi) is 6.09. The number of hydrogen-bond donors (Lipinski definition) is 1. The van der Waals surface area contributed by atoms with Gasteiger partial charge in [0.05, 0.1) is 12.5 Å². The molecule has 0 aliphatic heterocycles. The van der Waals surface area contributed by atoms with Gasteiger partial charge in [0.2, 0.25) is 0 Å². The maximum atomic E-state index is 12.2. The van der Waals surface area contributed by atoms with Gasteiger partial charge in [-0.05, 0) is 32.9 Å². The van der Waals surface area contributed by atoms with Crippen molar-refractivity contribution >= 4 is 5.97 Å². The summed E-state index contributed by atoms with van der Waals surface area (Å²) >= 11 is 0. The molecule has 1 aliphatic carbocycles. The highest BCUT2D eigenvalue weighted by Gasteiger charge is 2.48. The smallest absolute Gasteiger partial charge is 0.312 e. The number of nitrogens with two attached hydrogens (primary N) is 1. The van der Waals surface area contributed by atoms with Gasteiger partial charge in [0.25, 0.3) is 0 Å². The van der Waals surface area contributed by atoms with Crippen LogP contribution in [-0.4, -0.2) is 42.6 Å². The summed E-state index contributed by atoms with van der Waals surface area (Å²) in [4.78, 5) is 14.6. The van der Waals surface area contributed by atoms with E-state index < -0.39 is 0 Å². The maximum absolute atomic E-state index is 12.2. The van der Waals surface area contributed by atoms with Gasteiger partial charge >= 0.3 is 5.97 Å². The van der Waals surface area contributed by atoms with Gasteiger partial charge in [-0.1, -0.05) is 26.7 Å². The fourth-order valence-corrected chi connectivity index (χ4v) is 3.50. The molecule has 4 heteroatoms. The second-order valence-electron chi connectivity index (χ2n) is 5.02. The molecule has 0 aromatic rings. The van der Waals surface area contributed by atoms with Gasteiger partial charge in [0, 0.05) is 12.1 Å². The van der Waals surface area contributed by atoms with E-state index in [9.17, 15) is 4.79 Å². The highest BCUT2D eigenvalue weighted by atomic mass is 16.5. The zero-order chi connectivity index (χ0) is 13.6. The van der Waals surface area contributed by atoms with Crippen molar-refractivity contribution in [2.75, 3.05) is 26.2 Å². The van der Waals surface area contributed by atoms with Crippen LogP contribution >= 0.6 is 0 Å². The summed E-state index contributed by atoms with van der Waals surface area (Å²) < 4.78 is 5.23. The molecule has 1 atom stereocenters. The molecule has 0 bridgehead atoms. The molecule has 1 fully saturated rings. The van der Waals surface area contributed by atoms with Crippen molar-refractivity contribution in [1.29, 1.82) is 0 Å². The van der Waals surface area contributed by atoms with Crippen LogP contribution in [0.1, 0.15) is 46.5 Å². The number of nitrogens with zero attached hydrogens (tertiary/aromatic N) is 1. The summed E-state index contributed by atoms with van der Waals surface area (Å²) in [7, 11) is 0. The molecule has 18 heavy (non-hydrogen) atoms. The Hall–Kier alpha value is -0.610. The first-order valence-corrected chi connectivity index (χ1v) is 7.28. The number of ether oxygens (including phenoxy) is 1. The normalized spacial score (nSPS) is 20.1. The van der Waals surface area contributed by atoms with E-state index in [1.807, 2.05) is 6.92 Å². The molecule has 1 saturated carbocycles. The Morgan fingerprint density at radius 3 is 2.22 bits per heavy atom. The van der Waals surface area contributed by atoms with Crippen LogP contribution in [0.2, 0.25) is 0 Å². The van der Waals surface area contributed by atoms with Crippen molar-refractivity contribution in [3.05, 3.63) is 0 Å². The van der Waals surface area contributed by atoms with Crippen LogP contribution in [0, 0.1) is 5.92 Å². The van der Waals surface area contributed by atoms with E-state index in [0.717, 1.165) is 25.9 Å². The predicted molar refractivity (Wildman–Crippen MR) is 73.3 cm³/mol. The molecule has 0 unspecified atom stereocenters. The molecule has 0 aromatic carbocycles. The molecule has 0 spiro atoms. The summed E-state index contributed by atoms with van der Waals surface area (Å²) in [5.41, 5.74) is 5.82. The lowest BCUT2D eigenvalue weighted by Gasteiger charge is -2.44. The summed E-state index contributed by atoms with van der Waals surface area (Å²) in [5.74, 6) is -0.298. The second kappa shape index (κ2) is 7.10. The van der Waals surface area contributed by atoms with Crippen molar-refractivity contribution in [1.82, 2.24) is 4.90 Å². The van der Waals surface area contributed by atoms with Crippen molar-refractivity contribution in [2.24, 2.45) is 11.7 Å². The van der Waals surface area contributed by atoms with Gasteiger partial charge in [-0.25, -0.2) is 0 Å². The molecule has 2 N–H and O–H groups in total. The van der Waals surface area contributed by atoms with Crippen LogP contribution in [0.5, 0.6) is 0 Å². The van der Waals surface area contributed by atoms with E-state index in [2.05, 4.69) is 18.7 Å². The Labute approximate surface area is 111 Å². The number of carbonyl (C=O) groups is 1. The summed E-state index contributed by atoms with van der Waals surface area (Å²) in [6, 6.07) is 0. The standard InChI is InChI=1S/C14H28N2O2/c1-4-16(5-2)14(9-7-8-10-14)12(11-15)13(17)18-6-3/h12H,4-11,15H2,1-3H3/t12-/m0/s1. The molecule has 0 saturated heterocycles. The van der Waals surface area contributed by atoms with Gasteiger partial charge < -0.3 is 10.5 Å². The average molecular weight is 256 g/mol. The fraction of sp³-hybridized carbons (Fsp3) is 0.929. The number of carbonyl (C=O) groups excluding carboxylic acids is 1. The molecule has 0 amide bonds. The molecular formula is C14H28N2O2. The summed E-state index contributed by atoms with van der Waals surface area (Å²) in [6.45, 7) is 8.91. The van der Waals surface area contributed by atoms with Crippen molar-refractivity contribution in [3.63, 3.8) is 0 Å². The maximum Gasteiger partial charge on any atom is 0.312 e. The van der Waals surface area contributed by atoms with Crippen LogP contribution < -0.4 is 5.73 Å². The zero-order valence-electron chi connectivity index (χ0n) is 12.1. The quantitative estimate of drug-likeness (QED) is 0.705. The highest BCUT2D eigenvalue weighted by molar-refractivity contribution is 5.74. The Morgan fingerprint density at radius 1 is 1.28 bits per heavy atom. The highest BCUT2D eigenvalue weighted by Crippen LogP contribution is 2.41. The first-order valence-electron chi connectivity index (χ1n) is 7.28. The molecule has 4 nitrogen and oxygen atoms in total. The third kappa shape index (κ3) is 2.86. The van der Waals surface area contributed by atoms with Gasteiger partial charge in [-0.3, -0.25) is 9.69 Å². The van der Waals surface area contributed by atoms with Gasteiger partial charge in [-0.2, -0.15) is 0 Å². The van der Waals surface area contributed by atoms with E-state index in [-0.39, 0.29) is 17.4 Å². The van der Waals surface area contributed by atoms with Crippen molar-refractivity contribution in [2.45, 2.75) is 52.0 Å². The van der Waals surface area contributed by atoms with E-state index in [0.29, 0.717) is 13.2 Å². The van der Waals surface area contributed by atoms with Gasteiger partial charge in [0.15, 0.2) is 0 Å². The topological polar surface area (TPSA) is 55.6 Å². The molecule has 0 heterocycles. The largest absolute Gasteiger partial charge is 0.466 e. The molecule has 0 radical (unpaired) electrons. The van der Waals surface area contributed by atoms with Gasteiger partial charge in [-0.15, -0.1) is 0 Å². The minimum Gasteiger partial charge on any atom is -0.466 e. The van der Waals surface area contributed by atoms with Crippen LogP contribution in [0.3, 0.4) is 0 Å². The third-order valence-corrected chi connectivity index (χ3v) is 4.32. The number of hydrogen-bond acceptors (Lipinski definition) is 4. The fourth-order valence-electron chi connectivity index (χ4n) is 3.50. The van der Waals surface area contributed by atoms with E-state index in [4.69, 9.17) is 10.5 Å². The van der Waals surface area contributed by atoms with E-state index in [1.165, 1.54) is 12.8 Å². The van der Waals surface area contributed by atoms with E-state index in [1.54, 1.807) is 0 Å². The second-order valence-corrected chi connectivity index (χ2v) is 5.02. The van der Waals surface area contributed by atoms with Crippen LogP contribution in [0.25, 0.3) is 0 Å². The van der Waals surface area contributed by atoms with Crippen molar-refractivity contribution in [3.8, 4) is 0 Å². The number of rotatable bonds is 7. The Balaban J connectivity index is 2.96. The molecule has 106 valence electrons. The number of esters is 1. The third-order valence-electron chi connectivity index (χ3n) is 4.32. The van der Waals surface area contributed by atoms with Crippen LogP contribution in [0.15, 0.2) is 0 Å². The average Bonchev–Trinajstić information content (AvgIpc) is 2.82. The lowest BCUT2D eigenvalue weighted by Crippen LogP contribution is -2.57. The first-order chi connectivity index (χ1) is 8.66. The van der Waals surface area contributed by atoms with Crippen LogP contribution in [0.4, 0.5) is 0 Å². The van der Waals surface area contributed by atoms with E-state index >= 15 is 0 Å². The lowest BCUT2D eigenvalue weighted by molar-refractivity contribution is -0.153. The monoisotopic (exact) mass is 256 g/mol. The SMILES string of the molecule is CCOC(=O)[C@H](CN)C1(N(CC)CC)CCCC1. The molecule has 0 aromatic heterocycles. The molecule has 1 rings (SSSR count). The molecule has 1 aliphatic rings. The molecular weight excluding hydrogens is 228 g/mol.